The Kier molecular flexibility index (Phi) is 8.40. The van der Waals surface area contributed by atoms with Crippen molar-refractivity contribution in [3.8, 4) is 11.1 Å². The van der Waals surface area contributed by atoms with Crippen LogP contribution in [0, 0.1) is 0 Å². The second kappa shape index (κ2) is 12.5. The van der Waals surface area contributed by atoms with Gasteiger partial charge in [0.15, 0.2) is 0 Å². The molecular weight excluding hydrogens is 465 g/mol. The van der Waals surface area contributed by atoms with E-state index in [4.69, 9.17) is 0 Å². The monoisotopic (exact) mass is 498 g/mol. The van der Waals surface area contributed by atoms with Gasteiger partial charge in [-0.05, 0) is 34.7 Å². The summed E-state index contributed by atoms with van der Waals surface area (Å²) in [5.74, 6) is 0. The predicted octanol–water partition coefficient (Wildman–Crippen LogP) is 5.54. The van der Waals surface area contributed by atoms with Gasteiger partial charge in [-0.15, -0.1) is 0 Å². The summed E-state index contributed by atoms with van der Waals surface area (Å²) in [4.78, 5) is 0. The largest absolute Gasteiger partial charge is 0.103 e. The Morgan fingerprint density at radius 2 is 0.972 bits per heavy atom. The smallest absolute Gasteiger partial charge is 0.0669 e. The molecule has 36 heavy (non-hydrogen) atoms. The normalized spacial score (nSPS) is 12.2. The van der Waals surface area contributed by atoms with E-state index in [1.807, 2.05) is 0 Å². The lowest BCUT2D eigenvalue weighted by Crippen LogP contribution is -2.49. The molecule has 0 unspecified atom stereocenters. The van der Waals surface area contributed by atoms with E-state index in [2.05, 4.69) is 146 Å². The lowest BCUT2D eigenvalue weighted by molar-refractivity contribution is 0.766. The molecule has 0 aliphatic rings. The summed E-state index contributed by atoms with van der Waals surface area (Å²) in [5.41, 5.74) is 4.04. The summed E-state index contributed by atoms with van der Waals surface area (Å²) < 4.78 is 0. The zero-order valence-corrected chi connectivity index (χ0v) is 23.4. The molecule has 0 spiro atoms. The maximum Gasteiger partial charge on any atom is 0.103 e. The van der Waals surface area contributed by atoms with Crippen LogP contribution in [0.4, 0.5) is 0 Å². The van der Waals surface area contributed by atoms with Crippen LogP contribution in [0.25, 0.3) is 11.1 Å². The summed E-state index contributed by atoms with van der Waals surface area (Å²) in [5, 5.41) is 5.58. The van der Waals surface area contributed by atoms with E-state index in [0.29, 0.717) is 0 Å². The zero-order valence-electron chi connectivity index (χ0n) is 20.8. The van der Waals surface area contributed by atoms with Crippen molar-refractivity contribution in [3.05, 3.63) is 151 Å². The average Bonchev–Trinajstić information content (AvgIpc) is 2.96. The molecule has 5 rings (SSSR count). The first kappa shape index (κ1) is 24.2. The van der Waals surface area contributed by atoms with E-state index in [-0.39, 0.29) is 0 Å². The molecule has 0 bridgehead atoms. The molecule has 0 radical (unpaired) electrons. The average molecular weight is 499 g/mol. The molecule has 0 heterocycles. The highest BCUT2D eigenvalue weighted by Gasteiger charge is 2.27. The van der Waals surface area contributed by atoms with E-state index in [1.54, 1.807) is 15.6 Å². The summed E-state index contributed by atoms with van der Waals surface area (Å²) >= 11 is 0. The van der Waals surface area contributed by atoms with Gasteiger partial charge in [-0.25, -0.2) is 0 Å². The van der Waals surface area contributed by atoms with Crippen LogP contribution < -0.4 is 15.6 Å². The van der Waals surface area contributed by atoms with Gasteiger partial charge in [0, 0.05) is 0 Å². The van der Waals surface area contributed by atoms with Gasteiger partial charge >= 0.3 is 0 Å². The summed E-state index contributed by atoms with van der Waals surface area (Å²) in [6.07, 6.45) is 3.71. The molecule has 2 heteroatoms. The highest BCUT2D eigenvalue weighted by Crippen LogP contribution is 2.22. The third-order valence-corrected chi connectivity index (χ3v) is 14.7. The molecular formula is C34H34Si2. The molecule has 0 aliphatic heterocycles. The Morgan fingerprint density at radius 3 is 1.53 bits per heavy atom. The van der Waals surface area contributed by atoms with Crippen LogP contribution >= 0.6 is 0 Å². The number of hydrogen-bond acceptors (Lipinski definition) is 0. The molecule has 0 fully saturated rings. The summed E-state index contributed by atoms with van der Waals surface area (Å²) in [7, 11) is -1.76. The molecule has 0 saturated carbocycles. The van der Waals surface area contributed by atoms with Gasteiger partial charge in [0.05, 0.1) is 9.52 Å². The van der Waals surface area contributed by atoms with E-state index in [9.17, 15) is 0 Å². The van der Waals surface area contributed by atoms with E-state index >= 15 is 0 Å². The maximum atomic E-state index is 2.39. The second-order valence-corrected chi connectivity index (χ2v) is 16.2. The van der Waals surface area contributed by atoms with Crippen molar-refractivity contribution in [2.45, 2.75) is 24.4 Å². The van der Waals surface area contributed by atoms with Gasteiger partial charge in [-0.2, -0.15) is 0 Å². The van der Waals surface area contributed by atoms with E-state index in [1.165, 1.54) is 29.5 Å². The van der Waals surface area contributed by atoms with Crippen molar-refractivity contribution >= 4 is 33.9 Å². The van der Waals surface area contributed by atoms with Crippen molar-refractivity contribution in [3.63, 3.8) is 0 Å². The van der Waals surface area contributed by atoms with Crippen LogP contribution in [0.3, 0.4) is 0 Å². The minimum Gasteiger partial charge on any atom is -0.0669 e. The molecule has 0 amide bonds. The lowest BCUT2D eigenvalue weighted by atomic mass is 10.0. The molecule has 0 aromatic heterocycles. The fraction of sp³-hybridized carbons (Fsp3) is 0.118. The van der Waals surface area contributed by atoms with Gasteiger partial charge in [0.2, 0.25) is 0 Å². The minimum absolute atomic E-state index is 0.412. The SMILES string of the molecule is c1ccc([SiH2][C@@H](CCCc2ccc(-c3ccccc3)cc2)[SiH](c2ccccc2)c2ccccc2)cc1. The third kappa shape index (κ3) is 6.40. The molecule has 0 N–H and O–H groups in total. The standard InChI is InChI=1S/C34H34Si2/c1-5-15-29(16-6-1)30-26-24-28(25-27-30)14-13-23-34(35-31-17-7-2-8-18-31)36(32-19-9-3-10-20-32)33-21-11-4-12-22-33/h1-12,15-22,24-27,34,36H,13-14,23,35H2/t34-/m1/s1. The van der Waals surface area contributed by atoms with Crippen molar-refractivity contribution in [2.24, 2.45) is 0 Å². The zero-order chi connectivity index (χ0) is 24.4. The quantitative estimate of drug-likeness (QED) is 0.222. The Hall–Kier alpha value is -3.47. The van der Waals surface area contributed by atoms with Crippen LogP contribution in [0.1, 0.15) is 18.4 Å². The van der Waals surface area contributed by atoms with Crippen LogP contribution in [-0.4, -0.2) is 18.3 Å². The number of hydrogen-bond donors (Lipinski definition) is 0. The molecule has 5 aromatic carbocycles. The number of benzene rings is 5. The van der Waals surface area contributed by atoms with E-state index in [0.717, 1.165) is 11.6 Å². The van der Waals surface area contributed by atoms with Crippen molar-refractivity contribution in [2.75, 3.05) is 0 Å². The molecule has 5 aromatic rings. The molecule has 178 valence electrons. The number of rotatable bonds is 10. The third-order valence-electron chi connectivity index (χ3n) is 7.23. The van der Waals surface area contributed by atoms with Gasteiger partial charge < -0.3 is 0 Å². The number of aryl methyl sites for hydroxylation is 1. The Balaban J connectivity index is 1.35. The van der Waals surface area contributed by atoms with Gasteiger partial charge in [0.1, 0.15) is 8.80 Å². The Morgan fingerprint density at radius 1 is 0.500 bits per heavy atom. The van der Waals surface area contributed by atoms with Crippen LogP contribution in [0.5, 0.6) is 0 Å². The first-order chi connectivity index (χ1) is 17.9. The van der Waals surface area contributed by atoms with Crippen LogP contribution in [-0.2, 0) is 6.42 Å². The van der Waals surface area contributed by atoms with Crippen molar-refractivity contribution in [1.82, 2.24) is 0 Å². The van der Waals surface area contributed by atoms with Crippen molar-refractivity contribution < 1.29 is 0 Å². The lowest BCUT2D eigenvalue weighted by Gasteiger charge is -2.27. The van der Waals surface area contributed by atoms with Gasteiger partial charge in [-0.1, -0.05) is 168 Å². The highest BCUT2D eigenvalue weighted by atomic mass is 28.3. The highest BCUT2D eigenvalue weighted by molar-refractivity contribution is 6.93. The topological polar surface area (TPSA) is 0 Å². The van der Waals surface area contributed by atoms with Gasteiger partial charge in [0.25, 0.3) is 0 Å². The first-order valence-electron chi connectivity index (χ1n) is 13.1. The van der Waals surface area contributed by atoms with Crippen molar-refractivity contribution in [1.29, 1.82) is 0 Å². The fourth-order valence-electron chi connectivity index (χ4n) is 5.42. The first-order valence-corrected chi connectivity index (χ1v) is 16.5. The molecule has 1 atom stereocenters. The maximum absolute atomic E-state index is 2.39. The Bertz CT molecular complexity index is 1260. The minimum atomic E-state index is -1.35. The molecule has 0 nitrogen and oxygen atoms in total. The summed E-state index contributed by atoms with van der Waals surface area (Å²) in [6, 6.07) is 54.0. The van der Waals surface area contributed by atoms with Crippen LogP contribution in [0.2, 0.25) is 5.16 Å². The molecule has 0 aliphatic carbocycles. The Labute approximate surface area is 220 Å². The van der Waals surface area contributed by atoms with E-state index < -0.39 is 18.3 Å². The van der Waals surface area contributed by atoms with Crippen LogP contribution in [0.15, 0.2) is 146 Å². The predicted molar refractivity (Wildman–Crippen MR) is 162 cm³/mol. The van der Waals surface area contributed by atoms with Gasteiger partial charge in [-0.3, -0.25) is 0 Å². The second-order valence-electron chi connectivity index (χ2n) is 9.70. The summed E-state index contributed by atoms with van der Waals surface area (Å²) in [6.45, 7) is 0. The molecule has 0 saturated heterocycles. The fourth-order valence-corrected chi connectivity index (χ4v) is 13.8.